The molecular weight excluding hydrogens is 202 g/mol. The molecule has 4 heteroatoms. The molecule has 1 saturated heterocycles. The van der Waals surface area contributed by atoms with Crippen LogP contribution in [0.5, 0.6) is 5.75 Å². The summed E-state index contributed by atoms with van der Waals surface area (Å²) in [6.07, 6.45) is 2.91. The van der Waals surface area contributed by atoms with Crippen molar-refractivity contribution in [2.45, 2.75) is 19.4 Å². The van der Waals surface area contributed by atoms with Crippen LogP contribution in [0.2, 0.25) is 0 Å². The monoisotopic (exact) mass is 217 g/mol. The van der Waals surface area contributed by atoms with Gasteiger partial charge in [-0.15, -0.1) is 0 Å². The zero-order chi connectivity index (χ0) is 11.4. The Kier molecular flexibility index (Phi) is 3.37. The van der Waals surface area contributed by atoms with Crippen LogP contribution in [0, 0.1) is 17.2 Å². The van der Waals surface area contributed by atoms with Crippen molar-refractivity contribution in [3.05, 3.63) is 24.0 Å². The number of pyridine rings is 1. The molecule has 16 heavy (non-hydrogen) atoms. The molecule has 2 atom stereocenters. The zero-order valence-corrected chi connectivity index (χ0v) is 9.31. The standard InChI is InChI=1S/C12H15N3O/c1-9-2-4-14-8-12(9)16-11-3-5-15-10(6-11)7-13/h3,5-6,9,12,14H,2,4,8H2,1H3. The van der Waals surface area contributed by atoms with Crippen LogP contribution in [0.4, 0.5) is 0 Å². The van der Waals surface area contributed by atoms with Crippen molar-refractivity contribution in [3.8, 4) is 11.8 Å². The highest BCUT2D eigenvalue weighted by Crippen LogP contribution is 2.19. The third-order valence-electron chi connectivity index (χ3n) is 2.89. The Morgan fingerprint density at radius 3 is 3.25 bits per heavy atom. The topological polar surface area (TPSA) is 57.9 Å². The quantitative estimate of drug-likeness (QED) is 0.812. The summed E-state index contributed by atoms with van der Waals surface area (Å²) >= 11 is 0. The van der Waals surface area contributed by atoms with Crippen LogP contribution in [0.1, 0.15) is 19.0 Å². The highest BCUT2D eigenvalue weighted by Gasteiger charge is 2.22. The van der Waals surface area contributed by atoms with Crippen molar-refractivity contribution in [1.82, 2.24) is 10.3 Å². The van der Waals surface area contributed by atoms with E-state index >= 15 is 0 Å². The van der Waals surface area contributed by atoms with Gasteiger partial charge in [0.2, 0.25) is 0 Å². The van der Waals surface area contributed by atoms with Gasteiger partial charge in [-0.1, -0.05) is 6.92 Å². The van der Waals surface area contributed by atoms with Crippen LogP contribution in [0.25, 0.3) is 0 Å². The first-order valence-corrected chi connectivity index (χ1v) is 5.53. The molecule has 1 aromatic heterocycles. The van der Waals surface area contributed by atoms with E-state index in [0.29, 0.717) is 11.6 Å². The summed E-state index contributed by atoms with van der Waals surface area (Å²) in [4.78, 5) is 3.91. The predicted octanol–water partition coefficient (Wildman–Crippen LogP) is 1.33. The van der Waals surface area contributed by atoms with Crippen molar-refractivity contribution in [1.29, 1.82) is 5.26 Å². The number of nitrogens with one attached hydrogen (secondary N) is 1. The number of hydrogen-bond donors (Lipinski definition) is 1. The second-order valence-electron chi connectivity index (χ2n) is 4.11. The number of rotatable bonds is 2. The summed E-state index contributed by atoms with van der Waals surface area (Å²) in [7, 11) is 0. The van der Waals surface area contributed by atoms with Gasteiger partial charge in [0, 0.05) is 18.8 Å². The number of hydrogen-bond acceptors (Lipinski definition) is 4. The first-order valence-electron chi connectivity index (χ1n) is 5.53. The number of piperidine rings is 1. The molecule has 84 valence electrons. The third-order valence-corrected chi connectivity index (χ3v) is 2.89. The lowest BCUT2D eigenvalue weighted by molar-refractivity contribution is 0.115. The van der Waals surface area contributed by atoms with Crippen LogP contribution in [0.3, 0.4) is 0 Å². The Hall–Kier alpha value is -1.60. The molecule has 1 fully saturated rings. The number of ether oxygens (including phenoxy) is 1. The van der Waals surface area contributed by atoms with E-state index in [0.717, 1.165) is 25.3 Å². The summed E-state index contributed by atoms with van der Waals surface area (Å²) in [5, 5.41) is 12.0. The number of nitrogens with zero attached hydrogens (tertiary/aromatic N) is 2. The van der Waals surface area contributed by atoms with Gasteiger partial charge in [-0.05, 0) is 24.9 Å². The van der Waals surface area contributed by atoms with E-state index in [2.05, 4.69) is 17.2 Å². The van der Waals surface area contributed by atoms with E-state index in [-0.39, 0.29) is 6.10 Å². The van der Waals surface area contributed by atoms with E-state index in [9.17, 15) is 0 Å². The summed E-state index contributed by atoms with van der Waals surface area (Å²) in [6, 6.07) is 5.48. The molecule has 1 N–H and O–H groups in total. The van der Waals surface area contributed by atoms with Gasteiger partial charge in [0.15, 0.2) is 0 Å². The summed E-state index contributed by atoms with van der Waals surface area (Å²) in [5.74, 6) is 1.27. The average molecular weight is 217 g/mol. The fourth-order valence-corrected chi connectivity index (χ4v) is 1.84. The average Bonchev–Trinajstić information content (AvgIpc) is 2.32. The van der Waals surface area contributed by atoms with Crippen LogP contribution in [-0.2, 0) is 0 Å². The van der Waals surface area contributed by atoms with Gasteiger partial charge in [-0.3, -0.25) is 0 Å². The highest BCUT2D eigenvalue weighted by atomic mass is 16.5. The smallest absolute Gasteiger partial charge is 0.144 e. The predicted molar refractivity (Wildman–Crippen MR) is 60.0 cm³/mol. The third kappa shape index (κ3) is 2.50. The Morgan fingerprint density at radius 1 is 1.62 bits per heavy atom. The van der Waals surface area contributed by atoms with E-state index in [1.807, 2.05) is 6.07 Å². The lowest BCUT2D eigenvalue weighted by atomic mass is 9.97. The molecule has 0 saturated carbocycles. The largest absolute Gasteiger partial charge is 0.489 e. The van der Waals surface area contributed by atoms with Crippen LogP contribution >= 0.6 is 0 Å². The van der Waals surface area contributed by atoms with Crippen molar-refractivity contribution >= 4 is 0 Å². The highest BCUT2D eigenvalue weighted by molar-refractivity contribution is 5.29. The van der Waals surface area contributed by atoms with Crippen molar-refractivity contribution in [2.75, 3.05) is 13.1 Å². The molecule has 1 aliphatic rings. The molecular formula is C12H15N3O. The van der Waals surface area contributed by atoms with E-state index in [1.54, 1.807) is 18.3 Å². The Bertz CT molecular complexity index is 399. The molecule has 1 aliphatic heterocycles. The Balaban J connectivity index is 2.05. The first kappa shape index (κ1) is 10.9. The minimum Gasteiger partial charge on any atom is -0.489 e. The lowest BCUT2D eigenvalue weighted by Gasteiger charge is -2.29. The van der Waals surface area contributed by atoms with Gasteiger partial charge in [0.1, 0.15) is 23.6 Å². The van der Waals surface area contributed by atoms with Gasteiger partial charge in [-0.2, -0.15) is 5.26 Å². The molecule has 0 radical (unpaired) electrons. The second-order valence-corrected chi connectivity index (χ2v) is 4.11. The summed E-state index contributed by atoms with van der Waals surface area (Å²) in [5.41, 5.74) is 0.397. The van der Waals surface area contributed by atoms with Gasteiger partial charge < -0.3 is 10.1 Å². The second kappa shape index (κ2) is 4.95. The fraction of sp³-hybridized carbons (Fsp3) is 0.500. The van der Waals surface area contributed by atoms with Crippen molar-refractivity contribution in [2.24, 2.45) is 5.92 Å². The molecule has 0 aromatic carbocycles. The Morgan fingerprint density at radius 2 is 2.50 bits per heavy atom. The van der Waals surface area contributed by atoms with Crippen molar-refractivity contribution < 1.29 is 4.74 Å². The molecule has 0 aliphatic carbocycles. The van der Waals surface area contributed by atoms with Gasteiger partial charge in [0.05, 0.1) is 0 Å². The molecule has 0 bridgehead atoms. The first-order chi connectivity index (χ1) is 7.79. The minimum absolute atomic E-state index is 0.183. The molecule has 4 nitrogen and oxygen atoms in total. The van der Waals surface area contributed by atoms with E-state index in [1.165, 1.54) is 0 Å². The molecule has 1 aromatic rings. The van der Waals surface area contributed by atoms with E-state index < -0.39 is 0 Å². The van der Waals surface area contributed by atoms with Gasteiger partial charge in [0.25, 0.3) is 0 Å². The number of aromatic nitrogens is 1. The fourth-order valence-electron chi connectivity index (χ4n) is 1.84. The maximum atomic E-state index is 8.74. The normalized spacial score (nSPS) is 24.8. The van der Waals surface area contributed by atoms with Crippen molar-refractivity contribution in [3.63, 3.8) is 0 Å². The SMILES string of the molecule is CC1CCNCC1Oc1ccnc(C#N)c1. The van der Waals surface area contributed by atoms with Crippen LogP contribution in [0.15, 0.2) is 18.3 Å². The van der Waals surface area contributed by atoms with Crippen LogP contribution < -0.4 is 10.1 Å². The summed E-state index contributed by atoms with van der Waals surface area (Å²) < 4.78 is 5.86. The number of nitriles is 1. The Labute approximate surface area is 95.3 Å². The molecule has 2 heterocycles. The summed E-state index contributed by atoms with van der Waals surface area (Å²) in [6.45, 7) is 4.12. The lowest BCUT2D eigenvalue weighted by Crippen LogP contribution is -2.42. The molecule has 2 unspecified atom stereocenters. The molecule has 0 spiro atoms. The van der Waals surface area contributed by atoms with E-state index in [4.69, 9.17) is 10.00 Å². The molecule has 2 rings (SSSR count). The van der Waals surface area contributed by atoms with Gasteiger partial charge in [-0.25, -0.2) is 4.98 Å². The molecule has 0 amide bonds. The van der Waals surface area contributed by atoms with Gasteiger partial charge >= 0.3 is 0 Å². The van der Waals surface area contributed by atoms with Crippen LogP contribution in [-0.4, -0.2) is 24.2 Å². The maximum Gasteiger partial charge on any atom is 0.144 e. The zero-order valence-electron chi connectivity index (χ0n) is 9.31. The maximum absolute atomic E-state index is 8.74. The minimum atomic E-state index is 0.183.